The number of thioether (sulfide) groups is 1. The fraction of sp³-hybridized carbons (Fsp3) is 0.250. The molecular weight excluding hydrogens is 314 g/mol. The summed E-state index contributed by atoms with van der Waals surface area (Å²) in [6.45, 7) is 3.68. The number of aromatic nitrogens is 2. The van der Waals surface area contributed by atoms with Crippen molar-refractivity contribution < 1.29 is 14.3 Å². The Bertz CT molecular complexity index is 687. The minimum absolute atomic E-state index is 0.248. The molecule has 0 aliphatic heterocycles. The second-order valence-corrected chi connectivity index (χ2v) is 6.22. The molecule has 0 spiro atoms. The van der Waals surface area contributed by atoms with Gasteiger partial charge in [-0.3, -0.25) is 9.59 Å². The van der Waals surface area contributed by atoms with E-state index in [4.69, 9.17) is 0 Å². The van der Waals surface area contributed by atoms with E-state index in [2.05, 4.69) is 20.3 Å². The first-order valence-corrected chi connectivity index (χ1v) is 7.84. The highest BCUT2D eigenvalue weighted by atomic mass is 32.2. The van der Waals surface area contributed by atoms with E-state index in [9.17, 15) is 9.59 Å². The number of carbonyl (C=O) groups is 2. The first-order valence-electron chi connectivity index (χ1n) is 6.96. The summed E-state index contributed by atoms with van der Waals surface area (Å²) in [6.07, 6.45) is 0. The van der Waals surface area contributed by atoms with E-state index in [1.54, 1.807) is 31.2 Å². The van der Waals surface area contributed by atoms with E-state index in [1.165, 1.54) is 18.9 Å². The van der Waals surface area contributed by atoms with Gasteiger partial charge < -0.3 is 10.1 Å². The maximum absolute atomic E-state index is 12.1. The Hall–Kier alpha value is -2.41. The molecule has 2 rings (SSSR count). The number of esters is 1. The van der Waals surface area contributed by atoms with Gasteiger partial charge in [0, 0.05) is 5.56 Å². The first kappa shape index (κ1) is 17.0. The van der Waals surface area contributed by atoms with Crippen LogP contribution in [0.3, 0.4) is 0 Å². The van der Waals surface area contributed by atoms with Crippen molar-refractivity contribution in [2.75, 3.05) is 12.4 Å². The molecule has 23 heavy (non-hydrogen) atoms. The van der Waals surface area contributed by atoms with Gasteiger partial charge in [-0.05, 0) is 38.1 Å². The van der Waals surface area contributed by atoms with Crippen LogP contribution in [0.15, 0.2) is 41.4 Å². The molecule has 1 N–H and O–H groups in total. The Morgan fingerprint density at radius 1 is 1.13 bits per heavy atom. The molecule has 1 unspecified atom stereocenters. The van der Waals surface area contributed by atoms with E-state index in [-0.39, 0.29) is 17.1 Å². The fourth-order valence-corrected chi connectivity index (χ4v) is 2.53. The summed E-state index contributed by atoms with van der Waals surface area (Å²) >= 11 is 1.24. The van der Waals surface area contributed by atoms with E-state index < -0.39 is 0 Å². The number of hydrogen-bond donors (Lipinski definition) is 1. The number of anilines is 1. The molecule has 1 aromatic carbocycles. The second kappa shape index (κ2) is 7.73. The number of benzene rings is 1. The number of carbonyl (C=O) groups excluding carboxylic acids is 2. The van der Waals surface area contributed by atoms with Crippen LogP contribution >= 0.6 is 11.8 Å². The van der Waals surface area contributed by atoms with Gasteiger partial charge in [0.15, 0.2) is 5.82 Å². The number of amides is 1. The lowest BCUT2D eigenvalue weighted by Crippen LogP contribution is -2.15. The number of aryl methyl sites for hydroxylation is 1. The Morgan fingerprint density at radius 2 is 1.83 bits per heavy atom. The molecule has 0 bridgehead atoms. The maximum atomic E-state index is 12.1. The Balaban J connectivity index is 1.98. The van der Waals surface area contributed by atoms with Gasteiger partial charge in [-0.15, -0.1) is 10.2 Å². The van der Waals surface area contributed by atoms with Crippen LogP contribution in [-0.2, 0) is 9.53 Å². The molecule has 120 valence electrons. The Labute approximate surface area is 138 Å². The van der Waals surface area contributed by atoms with Crippen molar-refractivity contribution in [1.82, 2.24) is 10.2 Å². The summed E-state index contributed by atoms with van der Waals surface area (Å²) in [5.74, 6) is -0.221. The predicted octanol–water partition coefficient (Wildman–Crippen LogP) is 2.69. The monoisotopic (exact) mass is 331 g/mol. The number of rotatable bonds is 5. The summed E-state index contributed by atoms with van der Waals surface area (Å²) < 4.78 is 4.65. The summed E-state index contributed by atoms with van der Waals surface area (Å²) in [5.41, 5.74) is 1.64. The highest BCUT2D eigenvalue weighted by Gasteiger charge is 2.15. The third kappa shape index (κ3) is 4.79. The zero-order valence-corrected chi connectivity index (χ0v) is 13.9. The normalized spacial score (nSPS) is 11.6. The quantitative estimate of drug-likeness (QED) is 0.670. The standard InChI is InChI=1S/C16H17N3O3S/c1-10-4-6-12(7-5-10)15(20)17-13-8-9-14(19-18-13)23-11(2)16(21)22-3/h4-9,11H,1-3H3,(H,17,18,20). The molecule has 0 fully saturated rings. The van der Waals surface area contributed by atoms with Crippen molar-refractivity contribution in [3.63, 3.8) is 0 Å². The molecule has 0 saturated heterocycles. The molecule has 0 aliphatic rings. The molecule has 0 radical (unpaired) electrons. The van der Waals surface area contributed by atoms with Crippen LogP contribution in [0.2, 0.25) is 0 Å². The zero-order chi connectivity index (χ0) is 16.8. The number of ether oxygens (including phenoxy) is 1. The summed E-state index contributed by atoms with van der Waals surface area (Å²) in [5, 5.41) is 10.8. The lowest BCUT2D eigenvalue weighted by Gasteiger charge is -2.08. The molecule has 1 aromatic heterocycles. The second-order valence-electron chi connectivity index (χ2n) is 4.86. The molecule has 2 aromatic rings. The lowest BCUT2D eigenvalue weighted by molar-refractivity contribution is -0.139. The molecule has 1 atom stereocenters. The Morgan fingerprint density at radius 3 is 2.39 bits per heavy atom. The van der Waals surface area contributed by atoms with Gasteiger partial charge >= 0.3 is 5.97 Å². The third-order valence-corrected chi connectivity index (χ3v) is 4.03. The average molecular weight is 331 g/mol. The molecule has 0 aliphatic carbocycles. The van der Waals surface area contributed by atoms with Crippen LogP contribution < -0.4 is 5.32 Å². The molecular formula is C16H17N3O3S. The maximum Gasteiger partial charge on any atom is 0.318 e. The summed E-state index contributed by atoms with van der Waals surface area (Å²) in [7, 11) is 1.34. The van der Waals surface area contributed by atoms with Gasteiger partial charge in [0.25, 0.3) is 5.91 Å². The third-order valence-electron chi connectivity index (χ3n) is 3.03. The number of hydrogen-bond acceptors (Lipinski definition) is 6. The van der Waals surface area contributed by atoms with Crippen LogP contribution in [0, 0.1) is 6.92 Å². The molecule has 1 amide bonds. The van der Waals surface area contributed by atoms with E-state index >= 15 is 0 Å². The highest BCUT2D eigenvalue weighted by molar-refractivity contribution is 8.00. The Kier molecular flexibility index (Phi) is 5.70. The largest absolute Gasteiger partial charge is 0.468 e. The van der Waals surface area contributed by atoms with Gasteiger partial charge in [0.2, 0.25) is 0 Å². The van der Waals surface area contributed by atoms with Crippen molar-refractivity contribution in [1.29, 1.82) is 0 Å². The zero-order valence-electron chi connectivity index (χ0n) is 13.1. The van der Waals surface area contributed by atoms with Gasteiger partial charge in [0.1, 0.15) is 10.3 Å². The predicted molar refractivity (Wildman–Crippen MR) is 88.5 cm³/mol. The van der Waals surface area contributed by atoms with Gasteiger partial charge in [-0.25, -0.2) is 0 Å². The SMILES string of the molecule is COC(=O)C(C)Sc1ccc(NC(=O)c2ccc(C)cc2)nn1. The van der Waals surface area contributed by atoms with Crippen molar-refractivity contribution in [3.05, 3.63) is 47.5 Å². The first-order chi connectivity index (χ1) is 11.0. The molecule has 6 nitrogen and oxygen atoms in total. The van der Waals surface area contributed by atoms with Gasteiger partial charge in [0.05, 0.1) is 7.11 Å². The fourth-order valence-electron chi connectivity index (χ4n) is 1.74. The molecule has 0 saturated carbocycles. The van der Waals surface area contributed by atoms with Crippen LogP contribution in [-0.4, -0.2) is 34.4 Å². The van der Waals surface area contributed by atoms with E-state index in [0.29, 0.717) is 16.4 Å². The summed E-state index contributed by atoms with van der Waals surface area (Å²) in [6, 6.07) is 10.6. The van der Waals surface area contributed by atoms with Gasteiger partial charge in [-0.2, -0.15) is 0 Å². The van der Waals surface area contributed by atoms with Crippen LogP contribution in [0.1, 0.15) is 22.8 Å². The van der Waals surface area contributed by atoms with Crippen LogP contribution in [0.4, 0.5) is 5.82 Å². The molecule has 7 heteroatoms. The van der Waals surface area contributed by atoms with E-state index in [0.717, 1.165) is 5.56 Å². The smallest absolute Gasteiger partial charge is 0.318 e. The minimum atomic E-state index is -0.373. The lowest BCUT2D eigenvalue weighted by atomic mass is 10.1. The van der Waals surface area contributed by atoms with Crippen molar-refractivity contribution in [2.24, 2.45) is 0 Å². The van der Waals surface area contributed by atoms with Crippen molar-refractivity contribution in [2.45, 2.75) is 24.1 Å². The average Bonchev–Trinajstić information content (AvgIpc) is 2.56. The number of nitrogens with zero attached hydrogens (tertiary/aromatic N) is 2. The van der Waals surface area contributed by atoms with Crippen LogP contribution in [0.5, 0.6) is 0 Å². The number of methoxy groups -OCH3 is 1. The van der Waals surface area contributed by atoms with Crippen molar-refractivity contribution in [3.8, 4) is 0 Å². The summed E-state index contributed by atoms with van der Waals surface area (Å²) in [4.78, 5) is 23.4. The molecule has 1 heterocycles. The van der Waals surface area contributed by atoms with Gasteiger partial charge in [-0.1, -0.05) is 29.5 Å². The van der Waals surface area contributed by atoms with Crippen LogP contribution in [0.25, 0.3) is 0 Å². The van der Waals surface area contributed by atoms with Crippen molar-refractivity contribution >= 4 is 29.5 Å². The minimum Gasteiger partial charge on any atom is -0.468 e. The highest BCUT2D eigenvalue weighted by Crippen LogP contribution is 2.21. The topological polar surface area (TPSA) is 81.2 Å². The number of nitrogens with one attached hydrogen (secondary N) is 1. The van der Waals surface area contributed by atoms with E-state index in [1.807, 2.05) is 19.1 Å².